The van der Waals surface area contributed by atoms with Crippen molar-refractivity contribution in [2.75, 3.05) is 0 Å². The van der Waals surface area contributed by atoms with E-state index in [9.17, 15) is 9.59 Å². The second kappa shape index (κ2) is 11.4. The van der Waals surface area contributed by atoms with Crippen LogP contribution in [0.4, 0.5) is 0 Å². The third kappa shape index (κ3) is 12.2. The standard InChI is InChI=1S/2C6H13NO3.H2O/c2*1-2-3-4-6(7,10)5(8)9;/h2*10H,2-4,7H2,1H3,(H,8,9);1H2. The summed E-state index contributed by atoms with van der Waals surface area (Å²) in [5, 5.41) is 34.4. The first-order chi connectivity index (χ1) is 9.01. The molecule has 0 saturated heterocycles. The van der Waals surface area contributed by atoms with Gasteiger partial charge in [0, 0.05) is 12.8 Å². The lowest BCUT2D eigenvalue weighted by Crippen LogP contribution is -2.47. The average Bonchev–Trinajstić information content (AvgIpc) is 2.34. The van der Waals surface area contributed by atoms with Gasteiger partial charge in [0.05, 0.1) is 0 Å². The molecule has 10 N–H and O–H groups in total. The van der Waals surface area contributed by atoms with Gasteiger partial charge in [-0.1, -0.05) is 26.7 Å². The summed E-state index contributed by atoms with van der Waals surface area (Å²) in [6, 6.07) is 0. The van der Waals surface area contributed by atoms with Gasteiger partial charge < -0.3 is 25.9 Å². The van der Waals surface area contributed by atoms with Crippen LogP contribution in [0.3, 0.4) is 0 Å². The molecule has 0 aliphatic rings. The molecule has 0 aromatic heterocycles. The highest BCUT2D eigenvalue weighted by Crippen LogP contribution is 2.07. The molecule has 9 nitrogen and oxygen atoms in total. The number of unbranched alkanes of at least 4 members (excludes halogenated alkanes) is 2. The maximum Gasteiger partial charge on any atom is 0.350 e. The Bertz CT molecular complexity index is 276. The predicted molar refractivity (Wildman–Crippen MR) is 76.2 cm³/mol. The van der Waals surface area contributed by atoms with Gasteiger partial charge in [-0.25, -0.2) is 9.59 Å². The molecular weight excluding hydrogens is 284 g/mol. The molecule has 128 valence electrons. The minimum absolute atomic E-state index is 0. The Morgan fingerprint density at radius 2 is 1.10 bits per heavy atom. The van der Waals surface area contributed by atoms with E-state index in [1.54, 1.807) is 0 Å². The zero-order chi connectivity index (χ0) is 16.4. The van der Waals surface area contributed by atoms with E-state index in [1.165, 1.54) is 0 Å². The molecule has 9 heteroatoms. The van der Waals surface area contributed by atoms with Crippen LogP contribution in [-0.4, -0.2) is 49.3 Å². The summed E-state index contributed by atoms with van der Waals surface area (Å²) in [6.45, 7) is 3.80. The lowest BCUT2D eigenvalue weighted by molar-refractivity contribution is -0.159. The molecule has 0 aromatic carbocycles. The second-order valence-electron chi connectivity index (χ2n) is 4.67. The minimum Gasteiger partial charge on any atom is -0.478 e. The number of aliphatic hydroxyl groups is 2. The highest BCUT2D eigenvalue weighted by molar-refractivity contribution is 5.76. The molecule has 0 spiro atoms. The van der Waals surface area contributed by atoms with E-state index in [1.807, 2.05) is 13.8 Å². The van der Waals surface area contributed by atoms with Crippen molar-refractivity contribution in [2.24, 2.45) is 11.5 Å². The molecule has 0 rings (SSSR count). The lowest BCUT2D eigenvalue weighted by Gasteiger charge is -2.16. The molecule has 2 atom stereocenters. The van der Waals surface area contributed by atoms with Crippen LogP contribution >= 0.6 is 0 Å². The highest BCUT2D eigenvalue weighted by atomic mass is 16.4. The van der Waals surface area contributed by atoms with Crippen molar-refractivity contribution < 1.29 is 35.5 Å². The molecule has 0 saturated carbocycles. The number of carboxylic acids is 2. The fraction of sp³-hybridized carbons (Fsp3) is 0.833. The number of carboxylic acid groups (broad SMARTS) is 2. The lowest BCUT2D eigenvalue weighted by atomic mass is 10.1. The number of hydrogen-bond acceptors (Lipinski definition) is 6. The van der Waals surface area contributed by atoms with Crippen molar-refractivity contribution in [3.63, 3.8) is 0 Å². The van der Waals surface area contributed by atoms with E-state index < -0.39 is 23.4 Å². The fourth-order valence-electron chi connectivity index (χ4n) is 1.11. The van der Waals surface area contributed by atoms with E-state index in [0.717, 1.165) is 12.8 Å². The van der Waals surface area contributed by atoms with Gasteiger partial charge in [0.2, 0.25) is 11.4 Å². The summed E-state index contributed by atoms with van der Waals surface area (Å²) in [4.78, 5) is 20.3. The van der Waals surface area contributed by atoms with E-state index in [2.05, 4.69) is 0 Å². The highest BCUT2D eigenvalue weighted by Gasteiger charge is 2.29. The Hall–Kier alpha value is -1.26. The number of rotatable bonds is 8. The Balaban J connectivity index is -0.000000295. The maximum atomic E-state index is 10.2. The third-order valence-electron chi connectivity index (χ3n) is 2.56. The van der Waals surface area contributed by atoms with Gasteiger partial charge in [-0.15, -0.1) is 0 Å². The third-order valence-corrected chi connectivity index (χ3v) is 2.56. The van der Waals surface area contributed by atoms with Gasteiger partial charge >= 0.3 is 11.9 Å². The van der Waals surface area contributed by atoms with Gasteiger partial charge in [-0.3, -0.25) is 11.5 Å². The summed E-state index contributed by atoms with van der Waals surface area (Å²) in [5.41, 5.74) is 5.94. The Morgan fingerprint density at radius 3 is 1.24 bits per heavy atom. The first-order valence-corrected chi connectivity index (χ1v) is 6.50. The zero-order valence-electron chi connectivity index (χ0n) is 12.5. The van der Waals surface area contributed by atoms with Gasteiger partial charge in [0.15, 0.2) is 0 Å². The van der Waals surface area contributed by atoms with Gasteiger partial charge in [-0.2, -0.15) is 0 Å². The molecule has 0 fully saturated rings. The molecule has 0 aromatic rings. The van der Waals surface area contributed by atoms with Crippen molar-refractivity contribution in [1.82, 2.24) is 0 Å². The Kier molecular flexibility index (Phi) is 13.4. The van der Waals surface area contributed by atoms with Crippen molar-refractivity contribution in [3.8, 4) is 0 Å². The Labute approximate surface area is 123 Å². The van der Waals surface area contributed by atoms with Crippen LogP contribution in [-0.2, 0) is 9.59 Å². The van der Waals surface area contributed by atoms with Crippen LogP contribution in [0.5, 0.6) is 0 Å². The number of carbonyl (C=O) groups is 2. The molecule has 21 heavy (non-hydrogen) atoms. The molecule has 0 heterocycles. The van der Waals surface area contributed by atoms with E-state index in [4.69, 9.17) is 31.9 Å². The van der Waals surface area contributed by atoms with Crippen LogP contribution in [0, 0.1) is 0 Å². The number of aliphatic carboxylic acids is 2. The summed E-state index contributed by atoms with van der Waals surface area (Å²) < 4.78 is 0. The maximum absolute atomic E-state index is 10.2. The topological polar surface area (TPSA) is 199 Å². The average molecular weight is 312 g/mol. The normalized spacial score (nSPS) is 15.5. The van der Waals surface area contributed by atoms with Crippen molar-refractivity contribution in [1.29, 1.82) is 0 Å². The monoisotopic (exact) mass is 312 g/mol. The SMILES string of the molecule is CCCCC(N)(O)C(=O)O.CCCCC(N)(O)C(=O)O.O. The minimum atomic E-state index is -2.03. The van der Waals surface area contributed by atoms with Crippen molar-refractivity contribution in [2.45, 2.75) is 63.8 Å². The van der Waals surface area contributed by atoms with Crippen molar-refractivity contribution >= 4 is 11.9 Å². The van der Waals surface area contributed by atoms with Gasteiger partial charge in [-0.05, 0) is 12.8 Å². The van der Waals surface area contributed by atoms with Crippen LogP contribution < -0.4 is 11.5 Å². The smallest absolute Gasteiger partial charge is 0.350 e. The molecule has 0 radical (unpaired) electrons. The Morgan fingerprint density at radius 1 is 0.857 bits per heavy atom. The van der Waals surface area contributed by atoms with Crippen molar-refractivity contribution in [3.05, 3.63) is 0 Å². The molecule has 0 aliphatic heterocycles. The number of hydrogen-bond donors (Lipinski definition) is 6. The predicted octanol–water partition coefficient (Wildman–Crippen LogP) is -1.01. The molecule has 0 bridgehead atoms. The zero-order valence-corrected chi connectivity index (χ0v) is 12.5. The van der Waals surface area contributed by atoms with E-state index in [0.29, 0.717) is 12.8 Å². The summed E-state index contributed by atoms with van der Waals surface area (Å²) >= 11 is 0. The molecule has 0 aliphatic carbocycles. The number of nitrogens with two attached hydrogens (primary N) is 2. The first-order valence-electron chi connectivity index (χ1n) is 6.50. The molecule has 0 amide bonds. The summed E-state index contributed by atoms with van der Waals surface area (Å²) in [5.74, 6) is -2.72. The van der Waals surface area contributed by atoms with Crippen LogP contribution in [0.25, 0.3) is 0 Å². The van der Waals surface area contributed by atoms with Gasteiger partial charge in [0.1, 0.15) is 0 Å². The quantitative estimate of drug-likeness (QED) is 0.306. The molecule has 2 unspecified atom stereocenters. The largest absolute Gasteiger partial charge is 0.478 e. The first kappa shape index (κ1) is 24.7. The second-order valence-corrected chi connectivity index (χ2v) is 4.67. The van der Waals surface area contributed by atoms with E-state index >= 15 is 0 Å². The van der Waals surface area contributed by atoms with Gasteiger partial charge in [0.25, 0.3) is 0 Å². The molecular formula is C12H28N2O7. The van der Waals surface area contributed by atoms with E-state index in [-0.39, 0.29) is 18.3 Å². The van der Waals surface area contributed by atoms with Crippen LogP contribution in [0.15, 0.2) is 0 Å². The summed E-state index contributed by atoms with van der Waals surface area (Å²) in [7, 11) is 0. The van der Waals surface area contributed by atoms with Crippen LogP contribution in [0.2, 0.25) is 0 Å². The summed E-state index contributed by atoms with van der Waals surface area (Å²) in [6.07, 6.45) is 3.12. The van der Waals surface area contributed by atoms with Crippen LogP contribution in [0.1, 0.15) is 52.4 Å². The fourth-order valence-corrected chi connectivity index (χ4v) is 1.11.